The molecule has 1 amide bonds. The number of hydrogen-bond donors (Lipinski definition) is 1. The molecule has 0 aliphatic carbocycles. The number of ether oxygens (including phenoxy) is 2. The third-order valence-corrected chi connectivity index (χ3v) is 5.83. The topological polar surface area (TPSA) is 77.7 Å². The Morgan fingerprint density at radius 1 is 1.03 bits per heavy atom. The van der Waals surface area contributed by atoms with Crippen molar-refractivity contribution in [2.75, 3.05) is 13.2 Å². The number of carbonyl (C=O) groups excluding carboxylic acids is 1. The third kappa shape index (κ3) is 6.44. The molecule has 9 heteroatoms. The Morgan fingerprint density at radius 3 is 2.56 bits per heavy atom. The van der Waals surface area contributed by atoms with E-state index in [2.05, 4.69) is 17.5 Å². The first-order chi connectivity index (χ1) is 17.5. The largest absolute Gasteiger partial charge is 0.494 e. The van der Waals surface area contributed by atoms with Gasteiger partial charge in [0.2, 0.25) is 0 Å². The number of aromatic nitrogens is 2. The van der Waals surface area contributed by atoms with Crippen molar-refractivity contribution in [3.8, 4) is 28.4 Å². The van der Waals surface area contributed by atoms with Crippen LogP contribution in [0.1, 0.15) is 18.9 Å². The number of rotatable bonds is 10. The maximum atomic E-state index is 12.2. The molecule has 1 aromatic heterocycles. The summed E-state index contributed by atoms with van der Waals surface area (Å²) in [5.41, 5.74) is 5.69. The zero-order chi connectivity index (χ0) is 25.3. The van der Waals surface area contributed by atoms with Gasteiger partial charge in [-0.25, -0.2) is 10.1 Å². The van der Waals surface area contributed by atoms with Gasteiger partial charge in [0.25, 0.3) is 5.91 Å². The summed E-state index contributed by atoms with van der Waals surface area (Å²) in [7, 11) is 0. The Hall–Kier alpha value is -3.81. The Balaban J connectivity index is 1.50. The fourth-order valence-corrected chi connectivity index (χ4v) is 3.64. The van der Waals surface area contributed by atoms with Gasteiger partial charge in [0.15, 0.2) is 6.61 Å². The molecule has 36 heavy (non-hydrogen) atoms. The predicted octanol–water partition coefficient (Wildman–Crippen LogP) is 6.16. The van der Waals surface area contributed by atoms with Gasteiger partial charge in [0, 0.05) is 17.3 Å². The molecule has 0 spiro atoms. The molecule has 0 aliphatic heterocycles. The van der Waals surface area contributed by atoms with Gasteiger partial charge in [-0.05, 0) is 55.0 Å². The minimum atomic E-state index is -0.447. The Labute approximate surface area is 219 Å². The molecule has 4 aromatic rings. The minimum Gasteiger partial charge on any atom is -0.494 e. The molecule has 4 rings (SSSR count). The van der Waals surface area contributed by atoms with Gasteiger partial charge in [0.05, 0.1) is 23.5 Å². The highest BCUT2D eigenvalue weighted by Gasteiger charge is 2.12. The molecule has 0 atom stereocenters. The van der Waals surface area contributed by atoms with Crippen LogP contribution in [0.15, 0.2) is 84.1 Å². The summed E-state index contributed by atoms with van der Waals surface area (Å²) < 4.78 is 12.9. The molecule has 1 heterocycles. The van der Waals surface area contributed by atoms with Crippen LogP contribution in [-0.4, -0.2) is 35.1 Å². The van der Waals surface area contributed by atoms with E-state index in [9.17, 15) is 4.79 Å². The van der Waals surface area contributed by atoms with E-state index in [0.29, 0.717) is 23.1 Å². The quantitative estimate of drug-likeness (QED) is 0.199. The first kappa shape index (κ1) is 25.3. The Bertz CT molecular complexity index is 1340. The lowest BCUT2D eigenvalue weighted by atomic mass is 10.1. The SMILES string of the molecule is CCCOc1ccc(-c2nn(-c3ccccc3)cc2C=NNC(=O)COc2cccc(Cl)c2Cl)cc1. The molecule has 0 aliphatic rings. The van der Waals surface area contributed by atoms with Crippen LogP contribution in [0, 0.1) is 0 Å². The van der Waals surface area contributed by atoms with Crippen LogP contribution in [0.4, 0.5) is 0 Å². The lowest BCUT2D eigenvalue weighted by Gasteiger charge is -2.07. The standard InChI is InChI=1S/C27H24Cl2N4O3/c1-2-15-35-22-13-11-19(12-14-22)27-20(17-33(32-27)21-7-4-3-5-8-21)16-30-31-25(34)18-36-24-10-6-9-23(28)26(24)29/h3-14,16-17H,2,15,18H2,1H3,(H,31,34). The van der Waals surface area contributed by atoms with Gasteiger partial charge in [-0.2, -0.15) is 10.2 Å². The molecular formula is C27H24Cl2N4O3. The highest BCUT2D eigenvalue weighted by atomic mass is 35.5. The number of para-hydroxylation sites is 1. The molecule has 0 unspecified atom stereocenters. The molecule has 7 nitrogen and oxygen atoms in total. The first-order valence-electron chi connectivity index (χ1n) is 11.3. The van der Waals surface area contributed by atoms with Crippen LogP contribution in [0.5, 0.6) is 11.5 Å². The summed E-state index contributed by atoms with van der Waals surface area (Å²) in [6.07, 6.45) is 4.34. The van der Waals surface area contributed by atoms with Crippen molar-refractivity contribution in [3.63, 3.8) is 0 Å². The zero-order valence-electron chi connectivity index (χ0n) is 19.5. The van der Waals surface area contributed by atoms with Crippen molar-refractivity contribution in [1.82, 2.24) is 15.2 Å². The van der Waals surface area contributed by atoms with Crippen molar-refractivity contribution in [3.05, 3.63) is 94.6 Å². The number of carbonyl (C=O) groups is 1. The molecular weight excluding hydrogens is 499 g/mol. The van der Waals surface area contributed by atoms with Gasteiger partial charge in [-0.3, -0.25) is 4.79 Å². The predicted molar refractivity (Wildman–Crippen MR) is 142 cm³/mol. The number of amides is 1. The molecule has 0 bridgehead atoms. The van der Waals surface area contributed by atoms with Crippen LogP contribution in [-0.2, 0) is 4.79 Å². The van der Waals surface area contributed by atoms with Crippen LogP contribution >= 0.6 is 23.2 Å². The van der Waals surface area contributed by atoms with Crippen molar-refractivity contribution in [1.29, 1.82) is 0 Å². The van der Waals surface area contributed by atoms with E-state index in [1.54, 1.807) is 29.1 Å². The molecule has 184 valence electrons. The number of hydrazone groups is 1. The van der Waals surface area contributed by atoms with Crippen LogP contribution in [0.25, 0.3) is 16.9 Å². The van der Waals surface area contributed by atoms with Gasteiger partial charge >= 0.3 is 0 Å². The van der Waals surface area contributed by atoms with Gasteiger partial charge in [-0.1, -0.05) is 54.4 Å². The van der Waals surface area contributed by atoms with Gasteiger partial charge in [-0.15, -0.1) is 0 Å². The van der Waals surface area contributed by atoms with E-state index in [1.165, 1.54) is 0 Å². The average molecular weight is 523 g/mol. The molecule has 0 radical (unpaired) electrons. The van der Waals surface area contributed by atoms with E-state index in [-0.39, 0.29) is 11.6 Å². The summed E-state index contributed by atoms with van der Waals surface area (Å²) in [6.45, 7) is 2.45. The maximum absolute atomic E-state index is 12.2. The highest BCUT2D eigenvalue weighted by Crippen LogP contribution is 2.31. The highest BCUT2D eigenvalue weighted by molar-refractivity contribution is 6.42. The van der Waals surface area contributed by atoms with E-state index in [0.717, 1.165) is 29.0 Å². The molecule has 0 saturated heterocycles. The summed E-state index contributed by atoms with van der Waals surface area (Å²) >= 11 is 12.1. The lowest BCUT2D eigenvalue weighted by molar-refractivity contribution is -0.123. The normalized spacial score (nSPS) is 11.0. The van der Waals surface area contributed by atoms with E-state index >= 15 is 0 Å². The lowest BCUT2D eigenvalue weighted by Crippen LogP contribution is -2.24. The fraction of sp³-hybridized carbons (Fsp3) is 0.148. The van der Waals surface area contributed by atoms with E-state index in [1.807, 2.05) is 60.8 Å². The smallest absolute Gasteiger partial charge is 0.277 e. The Morgan fingerprint density at radius 2 is 1.81 bits per heavy atom. The number of nitrogens with one attached hydrogen (secondary N) is 1. The molecule has 0 saturated carbocycles. The number of hydrogen-bond acceptors (Lipinski definition) is 5. The Kier molecular flexibility index (Phi) is 8.60. The fourth-order valence-electron chi connectivity index (χ4n) is 3.29. The second kappa shape index (κ2) is 12.2. The van der Waals surface area contributed by atoms with Crippen LogP contribution < -0.4 is 14.9 Å². The number of nitrogens with zero attached hydrogens (tertiary/aromatic N) is 3. The molecule has 1 N–H and O–H groups in total. The molecule has 0 fully saturated rings. The summed E-state index contributed by atoms with van der Waals surface area (Å²) in [5, 5.41) is 9.45. The first-order valence-corrected chi connectivity index (χ1v) is 12.1. The van der Waals surface area contributed by atoms with Crippen molar-refractivity contribution in [2.24, 2.45) is 5.10 Å². The summed E-state index contributed by atoms with van der Waals surface area (Å²) in [6, 6.07) is 22.4. The second-order valence-electron chi connectivity index (χ2n) is 7.72. The summed E-state index contributed by atoms with van der Waals surface area (Å²) in [5.74, 6) is 0.670. The number of halogens is 2. The number of benzene rings is 3. The van der Waals surface area contributed by atoms with Crippen molar-refractivity contribution >= 4 is 35.3 Å². The third-order valence-electron chi connectivity index (χ3n) is 5.03. The van der Waals surface area contributed by atoms with E-state index < -0.39 is 5.91 Å². The zero-order valence-corrected chi connectivity index (χ0v) is 21.0. The summed E-state index contributed by atoms with van der Waals surface area (Å²) in [4.78, 5) is 12.2. The van der Waals surface area contributed by atoms with Crippen molar-refractivity contribution < 1.29 is 14.3 Å². The van der Waals surface area contributed by atoms with E-state index in [4.69, 9.17) is 37.8 Å². The van der Waals surface area contributed by atoms with Crippen molar-refractivity contribution in [2.45, 2.75) is 13.3 Å². The second-order valence-corrected chi connectivity index (χ2v) is 8.50. The van der Waals surface area contributed by atoms with Gasteiger partial charge < -0.3 is 9.47 Å². The minimum absolute atomic E-state index is 0.250. The monoisotopic (exact) mass is 522 g/mol. The van der Waals surface area contributed by atoms with Gasteiger partial charge in [0.1, 0.15) is 22.2 Å². The molecule has 3 aromatic carbocycles. The van der Waals surface area contributed by atoms with Crippen LogP contribution in [0.3, 0.4) is 0 Å². The van der Waals surface area contributed by atoms with Crippen LogP contribution in [0.2, 0.25) is 10.0 Å². The average Bonchev–Trinajstić information content (AvgIpc) is 3.33. The maximum Gasteiger partial charge on any atom is 0.277 e.